The third kappa shape index (κ3) is 4.77. The SMILES string of the molecule is CCC1=NOC(N(C=O)C(=O)c2ccc(C3=NO[C@@](c4cc(Cl)c(F)c(Cl)c4)(C(F)(F)F)C3)cc2C)C1. The molecule has 0 aliphatic carbocycles. The number of carbonyl (C=O) groups is 2. The maximum Gasteiger partial charge on any atom is 0.435 e. The summed E-state index contributed by atoms with van der Waals surface area (Å²) in [7, 11) is 0. The smallest absolute Gasteiger partial charge is 0.374 e. The van der Waals surface area contributed by atoms with Crippen molar-refractivity contribution in [3.05, 3.63) is 68.4 Å². The van der Waals surface area contributed by atoms with Crippen molar-refractivity contribution >= 4 is 46.9 Å². The van der Waals surface area contributed by atoms with Crippen LogP contribution in [0.15, 0.2) is 40.6 Å². The van der Waals surface area contributed by atoms with Crippen LogP contribution in [0.5, 0.6) is 0 Å². The minimum absolute atomic E-state index is 0.0663. The molecule has 196 valence electrons. The molecule has 2 aromatic rings. The van der Waals surface area contributed by atoms with Crippen LogP contribution in [-0.2, 0) is 20.1 Å². The van der Waals surface area contributed by atoms with E-state index in [0.29, 0.717) is 24.1 Å². The van der Waals surface area contributed by atoms with Gasteiger partial charge in [0.25, 0.3) is 11.5 Å². The monoisotopic (exact) mass is 559 g/mol. The summed E-state index contributed by atoms with van der Waals surface area (Å²) in [5, 5.41) is 6.32. The number of benzene rings is 2. The summed E-state index contributed by atoms with van der Waals surface area (Å²) in [4.78, 5) is 35.7. The largest absolute Gasteiger partial charge is 0.435 e. The van der Waals surface area contributed by atoms with E-state index in [1.165, 1.54) is 18.2 Å². The average Bonchev–Trinajstić information content (AvgIpc) is 3.51. The number of carbonyl (C=O) groups excluding carboxylic acids is 2. The fourth-order valence-electron chi connectivity index (χ4n) is 4.09. The minimum Gasteiger partial charge on any atom is -0.374 e. The van der Waals surface area contributed by atoms with Crippen LogP contribution >= 0.6 is 23.2 Å². The Morgan fingerprint density at radius 3 is 2.43 bits per heavy atom. The Labute approximate surface area is 218 Å². The van der Waals surface area contributed by atoms with Gasteiger partial charge in [0.2, 0.25) is 12.6 Å². The van der Waals surface area contributed by atoms with Crippen LogP contribution in [0.3, 0.4) is 0 Å². The van der Waals surface area contributed by atoms with Crippen LogP contribution in [-0.4, -0.2) is 41.0 Å². The summed E-state index contributed by atoms with van der Waals surface area (Å²) < 4.78 is 56.6. The Bertz CT molecular complexity index is 1310. The first kappa shape index (κ1) is 26.9. The van der Waals surface area contributed by atoms with Crippen molar-refractivity contribution < 1.29 is 36.8 Å². The van der Waals surface area contributed by atoms with Crippen LogP contribution < -0.4 is 0 Å². The predicted molar refractivity (Wildman–Crippen MR) is 127 cm³/mol. The molecule has 0 saturated heterocycles. The zero-order chi connectivity index (χ0) is 27.1. The number of oxime groups is 2. The molecule has 2 amide bonds. The lowest BCUT2D eigenvalue weighted by Crippen LogP contribution is -2.42. The molecule has 2 aromatic carbocycles. The van der Waals surface area contributed by atoms with Crippen LogP contribution in [0.1, 0.15) is 53.2 Å². The summed E-state index contributed by atoms with van der Waals surface area (Å²) in [6.45, 7) is 3.43. The lowest BCUT2D eigenvalue weighted by atomic mass is 9.86. The summed E-state index contributed by atoms with van der Waals surface area (Å²) in [5.41, 5.74) is -2.05. The molecule has 2 heterocycles. The van der Waals surface area contributed by atoms with Crippen molar-refractivity contribution in [2.75, 3.05) is 0 Å². The van der Waals surface area contributed by atoms with Gasteiger partial charge in [-0.15, -0.1) is 0 Å². The first-order valence-corrected chi connectivity index (χ1v) is 11.7. The van der Waals surface area contributed by atoms with Crippen LogP contribution in [0.4, 0.5) is 17.6 Å². The summed E-state index contributed by atoms with van der Waals surface area (Å²) in [5.74, 6) is -1.70. The zero-order valence-electron chi connectivity index (χ0n) is 19.4. The molecule has 0 saturated carbocycles. The number of hydrogen-bond acceptors (Lipinski definition) is 6. The van der Waals surface area contributed by atoms with E-state index >= 15 is 0 Å². The van der Waals surface area contributed by atoms with Gasteiger partial charge in [0.15, 0.2) is 5.82 Å². The quantitative estimate of drug-likeness (QED) is 0.242. The summed E-state index contributed by atoms with van der Waals surface area (Å²) >= 11 is 11.5. The first-order chi connectivity index (χ1) is 17.4. The lowest BCUT2D eigenvalue weighted by Gasteiger charge is -2.29. The highest BCUT2D eigenvalue weighted by molar-refractivity contribution is 6.35. The van der Waals surface area contributed by atoms with E-state index < -0.39 is 51.8 Å². The van der Waals surface area contributed by atoms with E-state index in [9.17, 15) is 27.2 Å². The number of aryl methyl sites for hydroxylation is 1. The normalized spacial score (nSPS) is 21.1. The molecule has 2 aliphatic rings. The Hall–Kier alpha value is -3.18. The highest BCUT2D eigenvalue weighted by Crippen LogP contribution is 2.50. The van der Waals surface area contributed by atoms with Gasteiger partial charge >= 0.3 is 6.18 Å². The Kier molecular flexibility index (Phi) is 7.22. The number of imide groups is 1. The molecular formula is C24H19Cl2F4N3O4. The second kappa shape index (κ2) is 9.94. The van der Waals surface area contributed by atoms with E-state index in [0.717, 1.165) is 17.0 Å². The number of alkyl halides is 3. The molecule has 0 spiro atoms. The van der Waals surface area contributed by atoms with Gasteiger partial charge < -0.3 is 9.68 Å². The van der Waals surface area contributed by atoms with Gasteiger partial charge in [-0.05, 0) is 48.7 Å². The molecule has 1 unspecified atom stereocenters. The van der Waals surface area contributed by atoms with Gasteiger partial charge in [0, 0.05) is 24.0 Å². The molecule has 0 N–H and O–H groups in total. The highest BCUT2D eigenvalue weighted by Gasteiger charge is 2.62. The van der Waals surface area contributed by atoms with Gasteiger partial charge in [-0.25, -0.2) is 9.29 Å². The molecule has 0 bridgehead atoms. The topological polar surface area (TPSA) is 80.6 Å². The molecule has 13 heteroatoms. The summed E-state index contributed by atoms with van der Waals surface area (Å²) in [6.07, 6.45) is -5.37. The molecular weight excluding hydrogens is 541 g/mol. The lowest BCUT2D eigenvalue weighted by molar-refractivity contribution is -0.275. The van der Waals surface area contributed by atoms with E-state index in [4.69, 9.17) is 32.9 Å². The molecule has 2 aliphatic heterocycles. The second-order valence-electron chi connectivity index (χ2n) is 8.51. The van der Waals surface area contributed by atoms with Crippen molar-refractivity contribution in [3.8, 4) is 0 Å². The Morgan fingerprint density at radius 1 is 1.22 bits per heavy atom. The minimum atomic E-state index is -4.96. The van der Waals surface area contributed by atoms with Gasteiger partial charge in [-0.3, -0.25) is 9.59 Å². The number of amides is 2. The van der Waals surface area contributed by atoms with Crippen molar-refractivity contribution in [3.63, 3.8) is 0 Å². The Morgan fingerprint density at radius 2 is 1.89 bits per heavy atom. The van der Waals surface area contributed by atoms with Crippen LogP contribution in [0.25, 0.3) is 0 Å². The van der Waals surface area contributed by atoms with Gasteiger partial charge in [0.1, 0.15) is 0 Å². The molecule has 0 aromatic heterocycles. The van der Waals surface area contributed by atoms with E-state index in [1.807, 2.05) is 6.92 Å². The number of nitrogens with zero attached hydrogens (tertiary/aromatic N) is 3. The fourth-order valence-corrected chi connectivity index (χ4v) is 4.57. The first-order valence-electron chi connectivity index (χ1n) is 11.0. The third-order valence-corrected chi connectivity index (χ3v) is 6.76. The zero-order valence-corrected chi connectivity index (χ0v) is 20.9. The Balaban J connectivity index is 1.61. The van der Waals surface area contributed by atoms with E-state index in [2.05, 4.69) is 10.3 Å². The van der Waals surface area contributed by atoms with Gasteiger partial charge in [0.05, 0.1) is 21.5 Å². The fraction of sp³-hybridized carbons (Fsp3) is 0.333. The third-order valence-electron chi connectivity index (χ3n) is 6.21. The number of hydrogen-bond donors (Lipinski definition) is 0. The van der Waals surface area contributed by atoms with Crippen LogP contribution in [0.2, 0.25) is 10.0 Å². The van der Waals surface area contributed by atoms with Crippen molar-refractivity contribution in [2.24, 2.45) is 10.3 Å². The van der Waals surface area contributed by atoms with Crippen molar-refractivity contribution in [1.29, 1.82) is 0 Å². The molecule has 2 atom stereocenters. The average molecular weight is 560 g/mol. The standard InChI is InChI=1S/C24H19Cl2F4N3O4/c1-3-15-9-20(36-31-15)33(11-34)22(35)16-5-4-13(6-12(16)2)19-10-23(37-32-19,24(28,29)30)14-7-17(25)21(27)18(26)8-14/h4-8,11,20H,3,9-10H2,1-2H3/t20?,23-/m0/s1. The molecule has 0 radical (unpaired) electrons. The molecule has 7 nitrogen and oxygen atoms in total. The van der Waals surface area contributed by atoms with Crippen molar-refractivity contribution in [2.45, 2.75) is 51.1 Å². The molecule has 4 rings (SSSR count). The van der Waals surface area contributed by atoms with Crippen molar-refractivity contribution in [1.82, 2.24) is 4.90 Å². The molecule has 37 heavy (non-hydrogen) atoms. The number of rotatable bonds is 6. The van der Waals surface area contributed by atoms with E-state index in [-0.39, 0.29) is 23.3 Å². The van der Waals surface area contributed by atoms with E-state index in [1.54, 1.807) is 6.92 Å². The number of halogens is 6. The van der Waals surface area contributed by atoms with Gasteiger partial charge in [-0.1, -0.05) is 46.5 Å². The molecule has 0 fully saturated rings. The van der Waals surface area contributed by atoms with Gasteiger partial charge in [-0.2, -0.15) is 13.2 Å². The second-order valence-corrected chi connectivity index (χ2v) is 9.32. The van der Waals surface area contributed by atoms with Crippen LogP contribution in [0, 0.1) is 12.7 Å². The maximum absolute atomic E-state index is 14.3. The highest BCUT2D eigenvalue weighted by atomic mass is 35.5. The predicted octanol–water partition coefficient (Wildman–Crippen LogP) is 6.13. The summed E-state index contributed by atoms with van der Waals surface area (Å²) in [6, 6.07) is 5.83. The maximum atomic E-state index is 14.3.